The predicted octanol–water partition coefficient (Wildman–Crippen LogP) is 1.67. The lowest BCUT2D eigenvalue weighted by Crippen LogP contribution is -2.53. The fourth-order valence-corrected chi connectivity index (χ4v) is 4.87. The number of hydrogen-bond donors (Lipinski definition) is 1. The first-order chi connectivity index (χ1) is 11.7. The van der Waals surface area contributed by atoms with Crippen LogP contribution in [0.25, 0.3) is 0 Å². The van der Waals surface area contributed by atoms with Crippen molar-refractivity contribution >= 4 is 5.91 Å². The lowest BCUT2D eigenvalue weighted by atomic mass is 9.78. The van der Waals surface area contributed by atoms with Crippen LogP contribution in [-0.4, -0.2) is 50.7 Å². The van der Waals surface area contributed by atoms with Crippen molar-refractivity contribution in [2.75, 3.05) is 13.1 Å². The zero-order valence-corrected chi connectivity index (χ0v) is 14.7. The zero-order chi connectivity index (χ0) is 16.5. The van der Waals surface area contributed by atoms with Crippen LogP contribution in [0.15, 0.2) is 0 Å². The normalized spacial score (nSPS) is 29.9. The lowest BCUT2D eigenvalue weighted by Gasteiger charge is -2.44. The molecule has 3 aliphatic rings. The van der Waals surface area contributed by atoms with Gasteiger partial charge in [0.2, 0.25) is 5.91 Å². The van der Waals surface area contributed by atoms with Crippen molar-refractivity contribution in [1.82, 2.24) is 25.0 Å². The Labute approximate surface area is 144 Å². The topological polar surface area (TPSA) is 63.1 Å². The second-order valence-electron chi connectivity index (χ2n) is 7.72. The molecule has 1 aromatic heterocycles. The van der Waals surface area contributed by atoms with Gasteiger partial charge in [0.1, 0.15) is 11.6 Å². The van der Waals surface area contributed by atoms with Crippen molar-refractivity contribution in [2.24, 2.45) is 5.92 Å². The van der Waals surface area contributed by atoms with Crippen molar-refractivity contribution in [2.45, 2.75) is 76.9 Å². The van der Waals surface area contributed by atoms with Crippen LogP contribution in [0.1, 0.15) is 56.6 Å². The molecule has 24 heavy (non-hydrogen) atoms. The zero-order valence-electron chi connectivity index (χ0n) is 14.7. The second kappa shape index (κ2) is 6.82. The monoisotopic (exact) mass is 331 g/mol. The number of nitrogens with zero attached hydrogens (tertiary/aromatic N) is 4. The molecular weight excluding hydrogens is 302 g/mol. The van der Waals surface area contributed by atoms with Crippen LogP contribution in [0.4, 0.5) is 0 Å². The summed E-state index contributed by atoms with van der Waals surface area (Å²) in [4.78, 5) is 19.4. The molecule has 1 amide bonds. The van der Waals surface area contributed by atoms with E-state index >= 15 is 0 Å². The van der Waals surface area contributed by atoms with Crippen LogP contribution >= 0.6 is 0 Å². The van der Waals surface area contributed by atoms with E-state index < -0.39 is 0 Å². The molecule has 6 heteroatoms. The average molecular weight is 331 g/mol. The molecular formula is C18H29N5O. The SMILES string of the molecule is Cc1nc2n(n1)CC(NCC(=O)N1CCCC3CCCCC31)CC2. The molecule has 3 unspecified atom stereocenters. The highest BCUT2D eigenvalue weighted by molar-refractivity contribution is 5.78. The Bertz CT molecular complexity index is 596. The minimum atomic E-state index is 0.298. The molecule has 1 saturated heterocycles. The number of aryl methyl sites for hydroxylation is 2. The number of likely N-dealkylation sites (tertiary alicyclic amines) is 1. The summed E-state index contributed by atoms with van der Waals surface area (Å²) in [5, 5.41) is 7.93. The minimum absolute atomic E-state index is 0.298. The molecule has 2 fully saturated rings. The lowest BCUT2D eigenvalue weighted by molar-refractivity contribution is -0.136. The van der Waals surface area contributed by atoms with Gasteiger partial charge in [-0.1, -0.05) is 12.8 Å². The Balaban J connectivity index is 1.32. The summed E-state index contributed by atoms with van der Waals surface area (Å²) in [6.07, 6.45) is 9.65. The van der Waals surface area contributed by atoms with Crippen molar-refractivity contribution in [3.8, 4) is 0 Å². The molecule has 1 aliphatic carbocycles. The number of carbonyl (C=O) groups is 1. The van der Waals surface area contributed by atoms with Gasteiger partial charge in [-0.15, -0.1) is 0 Å². The predicted molar refractivity (Wildman–Crippen MR) is 91.6 cm³/mol. The van der Waals surface area contributed by atoms with Crippen LogP contribution in [-0.2, 0) is 17.8 Å². The molecule has 3 heterocycles. The molecule has 0 bridgehead atoms. The molecule has 1 saturated carbocycles. The highest BCUT2D eigenvalue weighted by atomic mass is 16.2. The van der Waals surface area contributed by atoms with E-state index in [0.717, 1.165) is 43.5 Å². The van der Waals surface area contributed by atoms with Gasteiger partial charge in [0.25, 0.3) is 0 Å². The number of nitrogens with one attached hydrogen (secondary N) is 1. The van der Waals surface area contributed by atoms with Crippen molar-refractivity contribution in [3.05, 3.63) is 11.6 Å². The standard InChI is InChI=1S/C18H29N5O/c1-13-20-17-9-8-15(12-23(17)21-13)19-11-18(24)22-10-4-6-14-5-2-3-7-16(14)22/h14-16,19H,2-12H2,1H3. The Morgan fingerprint density at radius 1 is 1.21 bits per heavy atom. The van der Waals surface area contributed by atoms with E-state index in [1.165, 1.54) is 38.5 Å². The summed E-state index contributed by atoms with van der Waals surface area (Å²) < 4.78 is 2.00. The van der Waals surface area contributed by atoms with E-state index in [1.54, 1.807) is 0 Å². The molecule has 1 aromatic rings. The number of amides is 1. The summed E-state index contributed by atoms with van der Waals surface area (Å²) in [6.45, 7) is 4.19. The maximum atomic E-state index is 12.8. The van der Waals surface area contributed by atoms with Crippen LogP contribution in [0.3, 0.4) is 0 Å². The first kappa shape index (κ1) is 16.1. The van der Waals surface area contributed by atoms with E-state index in [4.69, 9.17) is 0 Å². The van der Waals surface area contributed by atoms with Crippen LogP contribution in [0, 0.1) is 12.8 Å². The van der Waals surface area contributed by atoms with Gasteiger partial charge in [-0.2, -0.15) is 5.10 Å². The van der Waals surface area contributed by atoms with Gasteiger partial charge in [0.05, 0.1) is 13.1 Å². The van der Waals surface area contributed by atoms with Gasteiger partial charge < -0.3 is 10.2 Å². The molecule has 0 aromatic carbocycles. The summed E-state index contributed by atoms with van der Waals surface area (Å²) >= 11 is 0. The molecule has 0 radical (unpaired) electrons. The third-order valence-electron chi connectivity index (χ3n) is 6.07. The van der Waals surface area contributed by atoms with Crippen molar-refractivity contribution in [1.29, 1.82) is 0 Å². The third kappa shape index (κ3) is 3.21. The Kier molecular flexibility index (Phi) is 4.57. The molecule has 4 rings (SSSR count). The van der Waals surface area contributed by atoms with Gasteiger partial charge in [-0.3, -0.25) is 4.79 Å². The maximum Gasteiger partial charge on any atom is 0.236 e. The van der Waals surface area contributed by atoms with E-state index in [1.807, 2.05) is 11.6 Å². The maximum absolute atomic E-state index is 12.8. The Morgan fingerprint density at radius 2 is 2.04 bits per heavy atom. The van der Waals surface area contributed by atoms with Gasteiger partial charge in [-0.25, -0.2) is 9.67 Å². The molecule has 132 valence electrons. The smallest absolute Gasteiger partial charge is 0.236 e. The van der Waals surface area contributed by atoms with Crippen LogP contribution in [0.2, 0.25) is 0 Å². The Morgan fingerprint density at radius 3 is 2.96 bits per heavy atom. The Hall–Kier alpha value is -1.43. The largest absolute Gasteiger partial charge is 0.338 e. The van der Waals surface area contributed by atoms with Gasteiger partial charge in [0.15, 0.2) is 0 Å². The van der Waals surface area contributed by atoms with E-state index in [9.17, 15) is 4.79 Å². The first-order valence-corrected chi connectivity index (χ1v) is 9.64. The summed E-state index contributed by atoms with van der Waals surface area (Å²) in [6, 6.07) is 0.840. The molecule has 3 atom stereocenters. The van der Waals surface area contributed by atoms with Crippen LogP contribution in [0.5, 0.6) is 0 Å². The fourth-order valence-electron chi connectivity index (χ4n) is 4.87. The average Bonchev–Trinajstić information content (AvgIpc) is 2.98. The highest BCUT2D eigenvalue weighted by Gasteiger charge is 2.35. The van der Waals surface area contributed by atoms with Crippen molar-refractivity contribution in [3.63, 3.8) is 0 Å². The first-order valence-electron chi connectivity index (χ1n) is 9.64. The van der Waals surface area contributed by atoms with Gasteiger partial charge in [0, 0.05) is 25.0 Å². The molecule has 6 nitrogen and oxygen atoms in total. The number of aromatic nitrogens is 3. The fraction of sp³-hybridized carbons (Fsp3) is 0.833. The summed E-state index contributed by atoms with van der Waals surface area (Å²) in [7, 11) is 0. The summed E-state index contributed by atoms with van der Waals surface area (Å²) in [5.74, 6) is 2.98. The van der Waals surface area contributed by atoms with E-state index in [2.05, 4.69) is 20.3 Å². The number of hydrogen-bond acceptors (Lipinski definition) is 4. The third-order valence-corrected chi connectivity index (χ3v) is 6.07. The van der Waals surface area contributed by atoms with E-state index in [0.29, 0.717) is 24.5 Å². The summed E-state index contributed by atoms with van der Waals surface area (Å²) in [5.41, 5.74) is 0. The van der Waals surface area contributed by atoms with Crippen molar-refractivity contribution < 1.29 is 4.79 Å². The highest BCUT2D eigenvalue weighted by Crippen LogP contribution is 2.35. The second-order valence-corrected chi connectivity index (χ2v) is 7.72. The molecule has 1 N–H and O–H groups in total. The molecule has 0 spiro atoms. The van der Waals surface area contributed by atoms with Crippen LogP contribution < -0.4 is 5.32 Å². The number of rotatable bonds is 3. The molecule has 2 aliphatic heterocycles. The minimum Gasteiger partial charge on any atom is -0.338 e. The quantitative estimate of drug-likeness (QED) is 0.915. The number of carbonyl (C=O) groups excluding carboxylic acids is 1. The van der Waals surface area contributed by atoms with Gasteiger partial charge >= 0.3 is 0 Å². The number of piperidine rings is 1. The number of fused-ring (bicyclic) bond motifs is 2. The van der Waals surface area contributed by atoms with Gasteiger partial charge in [-0.05, 0) is 44.9 Å². The van der Waals surface area contributed by atoms with E-state index in [-0.39, 0.29) is 0 Å².